The molecule has 144 valence electrons. The number of piperidine rings is 1. The molecule has 2 amide bonds. The second kappa shape index (κ2) is 5.46. The van der Waals surface area contributed by atoms with Gasteiger partial charge in [0.25, 0.3) is 0 Å². The molecule has 4 aliphatic carbocycles. The van der Waals surface area contributed by atoms with Gasteiger partial charge in [-0.15, -0.1) is 0 Å². The zero-order valence-electron chi connectivity index (χ0n) is 16.0. The summed E-state index contributed by atoms with van der Waals surface area (Å²) < 4.78 is 0. The van der Waals surface area contributed by atoms with Crippen LogP contribution in [0.2, 0.25) is 0 Å². The Bertz CT molecular complexity index is 633. The molecule has 6 aliphatic rings. The molecule has 1 N–H and O–H groups in total. The summed E-state index contributed by atoms with van der Waals surface area (Å²) in [7, 11) is 1.89. The number of hydrogen-bond acceptors (Lipinski definition) is 3. The van der Waals surface area contributed by atoms with E-state index < -0.39 is 5.60 Å². The molecule has 5 heteroatoms. The minimum atomic E-state index is -0.501. The lowest BCUT2D eigenvalue weighted by atomic mass is 9.47. The van der Waals surface area contributed by atoms with Crippen LogP contribution in [0.25, 0.3) is 0 Å². The monoisotopic (exact) mass is 360 g/mol. The normalized spacial score (nSPS) is 47.2. The van der Waals surface area contributed by atoms with E-state index in [1.807, 2.05) is 16.8 Å². The molecule has 2 aliphatic heterocycles. The summed E-state index contributed by atoms with van der Waals surface area (Å²) in [4.78, 5) is 29.7. The Labute approximate surface area is 156 Å². The Morgan fingerprint density at radius 3 is 2.58 bits per heavy atom. The van der Waals surface area contributed by atoms with Crippen LogP contribution in [0.15, 0.2) is 0 Å². The van der Waals surface area contributed by atoms with E-state index in [4.69, 9.17) is 0 Å². The van der Waals surface area contributed by atoms with Gasteiger partial charge in [0, 0.05) is 33.1 Å². The van der Waals surface area contributed by atoms with E-state index in [1.165, 1.54) is 6.42 Å². The molecule has 6 fully saturated rings. The van der Waals surface area contributed by atoms with Crippen LogP contribution in [-0.4, -0.2) is 59.0 Å². The topological polar surface area (TPSA) is 60.9 Å². The first kappa shape index (κ1) is 17.0. The molecule has 4 saturated carbocycles. The molecule has 0 radical (unpaired) electrons. The molecule has 2 saturated heterocycles. The van der Waals surface area contributed by atoms with Gasteiger partial charge in [0.1, 0.15) is 0 Å². The standard InChI is InChI=1S/C21H32N2O3/c1-22-5-2-3-20(18(22)25)4-6-23(14-20)17(24)12-19-8-15-7-16(9-19)11-21(26,10-15)13-19/h15-16,26H,2-14H2,1H3/t15-,16-,19?,20-,21?/m0/s1. The fraction of sp³-hybridized carbons (Fsp3) is 0.905. The van der Waals surface area contributed by atoms with E-state index in [0.717, 1.165) is 64.5 Å². The van der Waals surface area contributed by atoms with Crippen LogP contribution in [0.5, 0.6) is 0 Å². The highest BCUT2D eigenvalue weighted by molar-refractivity contribution is 5.86. The van der Waals surface area contributed by atoms with Crippen LogP contribution in [0.3, 0.4) is 0 Å². The van der Waals surface area contributed by atoms with Gasteiger partial charge < -0.3 is 14.9 Å². The lowest BCUT2D eigenvalue weighted by Crippen LogP contribution is -2.56. The third-order valence-corrected chi connectivity index (χ3v) is 8.33. The maximum Gasteiger partial charge on any atom is 0.230 e. The smallest absolute Gasteiger partial charge is 0.230 e. The van der Waals surface area contributed by atoms with Crippen molar-refractivity contribution in [3.8, 4) is 0 Å². The molecule has 6 rings (SSSR count). The Balaban J connectivity index is 1.29. The van der Waals surface area contributed by atoms with Crippen LogP contribution >= 0.6 is 0 Å². The number of aliphatic hydroxyl groups is 1. The van der Waals surface area contributed by atoms with E-state index in [0.29, 0.717) is 24.8 Å². The molecule has 0 aromatic heterocycles. The average Bonchev–Trinajstić information content (AvgIpc) is 2.95. The number of likely N-dealkylation sites (tertiary alicyclic amines) is 2. The second-order valence-electron chi connectivity index (χ2n) is 10.5. The van der Waals surface area contributed by atoms with E-state index in [-0.39, 0.29) is 22.6 Å². The van der Waals surface area contributed by atoms with E-state index in [9.17, 15) is 14.7 Å². The summed E-state index contributed by atoms with van der Waals surface area (Å²) in [6, 6.07) is 0. The predicted octanol–water partition coefficient (Wildman–Crippen LogP) is 2.18. The van der Waals surface area contributed by atoms with Gasteiger partial charge >= 0.3 is 0 Å². The predicted molar refractivity (Wildman–Crippen MR) is 97.2 cm³/mol. The fourth-order valence-electron chi connectivity index (χ4n) is 7.77. The van der Waals surface area contributed by atoms with Crippen molar-refractivity contribution >= 4 is 11.8 Å². The van der Waals surface area contributed by atoms with Crippen LogP contribution in [-0.2, 0) is 9.59 Å². The van der Waals surface area contributed by atoms with Gasteiger partial charge in [0.2, 0.25) is 11.8 Å². The van der Waals surface area contributed by atoms with Crippen molar-refractivity contribution in [1.82, 2.24) is 9.80 Å². The van der Waals surface area contributed by atoms with Crippen molar-refractivity contribution in [1.29, 1.82) is 0 Å². The Kier molecular flexibility index (Phi) is 3.58. The van der Waals surface area contributed by atoms with Gasteiger partial charge in [-0.2, -0.15) is 0 Å². The first-order chi connectivity index (χ1) is 12.3. The summed E-state index contributed by atoms with van der Waals surface area (Å²) in [5.41, 5.74) is -0.792. The Morgan fingerprint density at radius 2 is 1.88 bits per heavy atom. The van der Waals surface area contributed by atoms with Crippen molar-refractivity contribution in [3.05, 3.63) is 0 Å². The SMILES string of the molecule is CN1CCC[C@@]2(CCN(C(=O)CC34C[C@@H]5C[C@H](CC(O)(C5)C3)C4)C2)C1=O. The lowest BCUT2D eigenvalue weighted by molar-refractivity contribution is -0.171. The number of carbonyl (C=O) groups excluding carboxylic acids is 2. The molecule has 0 unspecified atom stereocenters. The van der Waals surface area contributed by atoms with Gasteiger partial charge in [-0.1, -0.05) is 0 Å². The van der Waals surface area contributed by atoms with Crippen molar-refractivity contribution in [3.63, 3.8) is 0 Å². The van der Waals surface area contributed by atoms with E-state index in [1.54, 1.807) is 0 Å². The molecule has 26 heavy (non-hydrogen) atoms. The summed E-state index contributed by atoms with van der Waals surface area (Å²) in [6.07, 6.45) is 9.61. The summed E-state index contributed by atoms with van der Waals surface area (Å²) in [5.74, 6) is 1.71. The molecule has 1 spiro atoms. The maximum absolute atomic E-state index is 13.2. The first-order valence-corrected chi connectivity index (χ1v) is 10.6. The zero-order chi connectivity index (χ0) is 18.2. The molecular weight excluding hydrogens is 328 g/mol. The van der Waals surface area contributed by atoms with Gasteiger partial charge in [-0.25, -0.2) is 0 Å². The van der Waals surface area contributed by atoms with Gasteiger partial charge in [0.05, 0.1) is 11.0 Å². The second-order valence-corrected chi connectivity index (χ2v) is 10.5. The van der Waals surface area contributed by atoms with E-state index >= 15 is 0 Å². The Morgan fingerprint density at radius 1 is 1.15 bits per heavy atom. The minimum Gasteiger partial charge on any atom is -0.390 e. The highest BCUT2D eigenvalue weighted by Gasteiger charge is 2.58. The van der Waals surface area contributed by atoms with Crippen LogP contribution in [0, 0.1) is 22.7 Å². The molecule has 0 aromatic carbocycles. The lowest BCUT2D eigenvalue weighted by Gasteiger charge is -2.60. The highest BCUT2D eigenvalue weighted by Crippen LogP contribution is 2.63. The third-order valence-electron chi connectivity index (χ3n) is 8.33. The van der Waals surface area contributed by atoms with Crippen LogP contribution in [0.4, 0.5) is 0 Å². The van der Waals surface area contributed by atoms with Crippen LogP contribution < -0.4 is 0 Å². The quantitative estimate of drug-likeness (QED) is 0.821. The number of carbonyl (C=O) groups is 2. The minimum absolute atomic E-state index is 0.0268. The first-order valence-electron chi connectivity index (χ1n) is 10.6. The molecule has 3 atom stereocenters. The van der Waals surface area contributed by atoms with Crippen LogP contribution in [0.1, 0.15) is 64.2 Å². The summed E-state index contributed by atoms with van der Waals surface area (Å²) in [6.45, 7) is 2.19. The largest absolute Gasteiger partial charge is 0.390 e. The van der Waals surface area contributed by atoms with Gasteiger partial charge in [0.15, 0.2) is 0 Å². The molecular formula is C21H32N2O3. The third kappa shape index (κ3) is 2.53. The van der Waals surface area contributed by atoms with Crippen molar-refractivity contribution < 1.29 is 14.7 Å². The molecule has 0 aromatic rings. The summed E-state index contributed by atoms with van der Waals surface area (Å²) in [5, 5.41) is 10.9. The number of hydrogen-bond donors (Lipinski definition) is 1. The number of rotatable bonds is 2. The molecule has 4 bridgehead atoms. The highest BCUT2D eigenvalue weighted by atomic mass is 16.3. The molecule has 5 nitrogen and oxygen atoms in total. The molecule has 2 heterocycles. The summed E-state index contributed by atoms with van der Waals surface area (Å²) >= 11 is 0. The number of nitrogens with zero attached hydrogens (tertiary/aromatic N) is 2. The van der Waals surface area contributed by atoms with Crippen molar-refractivity contribution in [2.24, 2.45) is 22.7 Å². The van der Waals surface area contributed by atoms with Gasteiger partial charge in [-0.05, 0) is 75.0 Å². The van der Waals surface area contributed by atoms with Crippen molar-refractivity contribution in [2.75, 3.05) is 26.7 Å². The van der Waals surface area contributed by atoms with Crippen molar-refractivity contribution in [2.45, 2.75) is 69.8 Å². The van der Waals surface area contributed by atoms with E-state index in [2.05, 4.69) is 0 Å². The Hall–Kier alpha value is -1.10. The maximum atomic E-state index is 13.2. The zero-order valence-corrected chi connectivity index (χ0v) is 16.0. The fourth-order valence-corrected chi connectivity index (χ4v) is 7.77. The van der Waals surface area contributed by atoms with Gasteiger partial charge in [-0.3, -0.25) is 9.59 Å². The average molecular weight is 360 g/mol. The number of amides is 2.